The molecule has 106 valence electrons. The van der Waals surface area contributed by atoms with E-state index in [-0.39, 0.29) is 5.91 Å². The number of nitrogens with two attached hydrogens (primary N) is 1. The first-order valence-corrected chi connectivity index (χ1v) is 7.88. The van der Waals surface area contributed by atoms with Gasteiger partial charge in [-0.1, -0.05) is 6.42 Å². The van der Waals surface area contributed by atoms with Crippen molar-refractivity contribution in [3.63, 3.8) is 0 Å². The lowest BCUT2D eigenvalue weighted by Gasteiger charge is -2.27. The van der Waals surface area contributed by atoms with E-state index in [9.17, 15) is 4.79 Å². The molecule has 0 bridgehead atoms. The third kappa shape index (κ3) is 6.07. The van der Waals surface area contributed by atoms with Crippen molar-refractivity contribution in [1.29, 1.82) is 0 Å². The second-order valence-corrected chi connectivity index (χ2v) is 6.40. The summed E-state index contributed by atoms with van der Waals surface area (Å²) in [5.74, 6) is 1.95. The molecule has 0 aromatic carbocycles. The predicted octanol–water partition coefficient (Wildman–Crippen LogP) is 1.53. The van der Waals surface area contributed by atoms with Crippen LogP contribution in [0, 0.1) is 0 Å². The highest BCUT2D eigenvalue weighted by Crippen LogP contribution is 2.25. The van der Waals surface area contributed by atoms with Crippen LogP contribution in [0.1, 0.15) is 39.0 Å². The van der Waals surface area contributed by atoms with Gasteiger partial charge in [0.2, 0.25) is 5.91 Å². The van der Waals surface area contributed by atoms with E-state index in [4.69, 9.17) is 10.5 Å². The van der Waals surface area contributed by atoms with Crippen molar-refractivity contribution in [3.05, 3.63) is 0 Å². The van der Waals surface area contributed by atoms with Crippen LogP contribution in [0.25, 0.3) is 0 Å². The van der Waals surface area contributed by atoms with E-state index < -0.39 is 5.54 Å². The lowest BCUT2D eigenvalue weighted by molar-refractivity contribution is -0.124. The van der Waals surface area contributed by atoms with Gasteiger partial charge in [0.25, 0.3) is 0 Å². The number of hydrogen-bond donors (Lipinski definition) is 2. The molecule has 0 aliphatic heterocycles. The maximum atomic E-state index is 11.5. The first-order chi connectivity index (χ1) is 8.58. The molecule has 1 amide bonds. The van der Waals surface area contributed by atoms with E-state index in [0.29, 0.717) is 6.04 Å². The first kappa shape index (κ1) is 15.8. The van der Waals surface area contributed by atoms with Gasteiger partial charge in [-0.3, -0.25) is 4.79 Å². The zero-order chi connectivity index (χ0) is 13.4. The molecule has 5 heteroatoms. The van der Waals surface area contributed by atoms with Gasteiger partial charge < -0.3 is 15.8 Å². The standard InChI is InChI=1S/C13H26N2O2S/c1-13(12(14)16,15-11-5-6-11)7-3-4-9-18-10-8-17-2/h11,15H,3-10H2,1-2H3,(H2,14,16). The zero-order valence-corrected chi connectivity index (χ0v) is 12.4. The molecule has 1 atom stereocenters. The van der Waals surface area contributed by atoms with Gasteiger partial charge in [0.05, 0.1) is 12.1 Å². The number of unbranched alkanes of at least 4 members (excludes halogenated alkanes) is 1. The van der Waals surface area contributed by atoms with Crippen molar-refractivity contribution in [2.24, 2.45) is 5.73 Å². The molecule has 0 aromatic heterocycles. The third-order valence-electron chi connectivity index (χ3n) is 3.29. The SMILES string of the molecule is COCCSCCCCC(C)(NC1CC1)C(N)=O. The Bertz CT molecular complexity index is 259. The molecule has 0 radical (unpaired) electrons. The molecule has 1 aliphatic carbocycles. The number of carbonyl (C=O) groups excluding carboxylic acids is 1. The third-order valence-corrected chi connectivity index (χ3v) is 4.32. The molecular formula is C13H26N2O2S. The van der Waals surface area contributed by atoms with Crippen molar-refractivity contribution in [2.75, 3.05) is 25.2 Å². The Morgan fingerprint density at radius 3 is 2.72 bits per heavy atom. The summed E-state index contributed by atoms with van der Waals surface area (Å²) in [6, 6.07) is 0.513. The summed E-state index contributed by atoms with van der Waals surface area (Å²) in [6.07, 6.45) is 5.36. The van der Waals surface area contributed by atoms with Crippen LogP contribution in [0.2, 0.25) is 0 Å². The molecule has 1 unspecified atom stereocenters. The van der Waals surface area contributed by atoms with Crippen molar-refractivity contribution < 1.29 is 9.53 Å². The second-order valence-electron chi connectivity index (χ2n) is 5.18. The number of hydrogen-bond acceptors (Lipinski definition) is 4. The van der Waals surface area contributed by atoms with Gasteiger partial charge in [-0.2, -0.15) is 11.8 Å². The van der Waals surface area contributed by atoms with Crippen molar-refractivity contribution in [2.45, 2.75) is 50.6 Å². The van der Waals surface area contributed by atoms with Crippen LogP contribution >= 0.6 is 11.8 Å². The van der Waals surface area contributed by atoms with Gasteiger partial charge in [-0.15, -0.1) is 0 Å². The van der Waals surface area contributed by atoms with Gasteiger partial charge in [0, 0.05) is 18.9 Å². The summed E-state index contributed by atoms with van der Waals surface area (Å²) in [7, 11) is 1.72. The summed E-state index contributed by atoms with van der Waals surface area (Å²) >= 11 is 1.90. The summed E-state index contributed by atoms with van der Waals surface area (Å²) < 4.78 is 4.99. The normalized spacial score (nSPS) is 18.6. The van der Waals surface area contributed by atoms with Crippen LogP contribution in [-0.2, 0) is 9.53 Å². The molecular weight excluding hydrogens is 248 g/mol. The van der Waals surface area contributed by atoms with Crippen LogP contribution in [0.5, 0.6) is 0 Å². The Morgan fingerprint density at radius 2 is 2.17 bits per heavy atom. The van der Waals surface area contributed by atoms with Crippen molar-refractivity contribution in [1.82, 2.24) is 5.32 Å². The lowest BCUT2D eigenvalue weighted by Crippen LogP contribution is -2.53. The fraction of sp³-hybridized carbons (Fsp3) is 0.923. The Hall–Kier alpha value is -0.260. The molecule has 1 fully saturated rings. The zero-order valence-electron chi connectivity index (χ0n) is 11.5. The van der Waals surface area contributed by atoms with Crippen LogP contribution in [0.3, 0.4) is 0 Å². The number of amides is 1. The summed E-state index contributed by atoms with van der Waals surface area (Å²) in [5.41, 5.74) is 4.99. The molecule has 18 heavy (non-hydrogen) atoms. The number of nitrogens with one attached hydrogen (secondary N) is 1. The fourth-order valence-corrected chi connectivity index (χ4v) is 2.77. The van der Waals surface area contributed by atoms with Gasteiger partial charge in [-0.25, -0.2) is 0 Å². The molecule has 1 aliphatic rings. The highest BCUT2D eigenvalue weighted by molar-refractivity contribution is 7.99. The van der Waals surface area contributed by atoms with E-state index in [2.05, 4.69) is 5.32 Å². The molecule has 0 heterocycles. The van der Waals surface area contributed by atoms with Gasteiger partial charge in [0.15, 0.2) is 0 Å². The topological polar surface area (TPSA) is 64.3 Å². The maximum Gasteiger partial charge on any atom is 0.237 e. The predicted molar refractivity (Wildman–Crippen MR) is 76.8 cm³/mol. The Kier molecular flexibility index (Phi) is 7.04. The fourth-order valence-electron chi connectivity index (χ4n) is 1.87. The minimum Gasteiger partial charge on any atom is -0.384 e. The average molecular weight is 274 g/mol. The van der Waals surface area contributed by atoms with E-state index in [1.54, 1.807) is 7.11 Å². The number of ether oxygens (including phenoxy) is 1. The Morgan fingerprint density at radius 1 is 1.44 bits per heavy atom. The molecule has 1 saturated carbocycles. The molecule has 1 rings (SSSR count). The number of primary amides is 1. The maximum absolute atomic E-state index is 11.5. The highest BCUT2D eigenvalue weighted by atomic mass is 32.2. The van der Waals surface area contributed by atoms with Crippen LogP contribution in [-0.4, -0.2) is 42.7 Å². The quantitative estimate of drug-likeness (QED) is 0.561. The van der Waals surface area contributed by atoms with Crippen LogP contribution < -0.4 is 11.1 Å². The number of methoxy groups -OCH3 is 1. The van der Waals surface area contributed by atoms with Gasteiger partial charge in [-0.05, 0) is 38.4 Å². The molecule has 0 aromatic rings. The second kappa shape index (κ2) is 8.02. The molecule has 0 spiro atoms. The van der Waals surface area contributed by atoms with Crippen LogP contribution in [0.15, 0.2) is 0 Å². The van der Waals surface area contributed by atoms with Crippen molar-refractivity contribution in [3.8, 4) is 0 Å². The summed E-state index contributed by atoms with van der Waals surface area (Å²) in [4.78, 5) is 11.5. The molecule has 0 saturated heterocycles. The molecule has 4 nitrogen and oxygen atoms in total. The summed E-state index contributed by atoms with van der Waals surface area (Å²) in [6.45, 7) is 2.75. The first-order valence-electron chi connectivity index (χ1n) is 6.73. The summed E-state index contributed by atoms with van der Waals surface area (Å²) in [5, 5.41) is 3.38. The van der Waals surface area contributed by atoms with E-state index in [1.807, 2.05) is 18.7 Å². The van der Waals surface area contributed by atoms with Gasteiger partial charge in [0.1, 0.15) is 0 Å². The Labute approximate surface area is 114 Å². The average Bonchev–Trinajstić information content (AvgIpc) is 3.11. The van der Waals surface area contributed by atoms with Crippen LogP contribution in [0.4, 0.5) is 0 Å². The minimum atomic E-state index is -0.516. The Balaban J connectivity index is 2.11. The number of rotatable bonds is 11. The smallest absolute Gasteiger partial charge is 0.237 e. The van der Waals surface area contributed by atoms with E-state index >= 15 is 0 Å². The number of carbonyl (C=O) groups is 1. The lowest BCUT2D eigenvalue weighted by atomic mass is 9.94. The highest BCUT2D eigenvalue weighted by Gasteiger charge is 2.36. The van der Waals surface area contributed by atoms with E-state index in [0.717, 1.165) is 37.4 Å². The molecule has 3 N–H and O–H groups in total. The van der Waals surface area contributed by atoms with E-state index in [1.165, 1.54) is 12.8 Å². The number of thioether (sulfide) groups is 1. The minimum absolute atomic E-state index is 0.221. The monoisotopic (exact) mass is 274 g/mol. The van der Waals surface area contributed by atoms with Crippen molar-refractivity contribution >= 4 is 17.7 Å². The largest absolute Gasteiger partial charge is 0.384 e. The van der Waals surface area contributed by atoms with Gasteiger partial charge >= 0.3 is 0 Å².